The maximum atomic E-state index is 9.15. The van der Waals surface area contributed by atoms with Crippen LogP contribution in [0.2, 0.25) is 5.02 Å². The first kappa shape index (κ1) is 16.8. The van der Waals surface area contributed by atoms with Crippen molar-refractivity contribution in [3.8, 4) is 6.07 Å². The number of anilines is 1. The number of nitrogens with zero attached hydrogens (tertiary/aromatic N) is 2. The van der Waals surface area contributed by atoms with Gasteiger partial charge in [-0.15, -0.1) is 0 Å². The molecule has 0 bridgehead atoms. The summed E-state index contributed by atoms with van der Waals surface area (Å²) >= 11 is 6.20. The summed E-state index contributed by atoms with van der Waals surface area (Å²) in [6.07, 6.45) is 1.86. The molecule has 1 aromatic heterocycles. The van der Waals surface area contributed by atoms with Gasteiger partial charge in [-0.3, -0.25) is 0 Å². The van der Waals surface area contributed by atoms with Crippen LogP contribution < -0.4 is 5.32 Å². The molecule has 1 aromatic carbocycles. The molecule has 1 N–H and O–H groups in total. The molecule has 0 aliphatic carbocycles. The molecule has 5 heteroatoms. The fraction of sp³-hybridized carbons (Fsp3) is 0.368. The normalized spacial score (nSPS) is 16.4. The Bertz CT molecular complexity index is 763. The van der Waals surface area contributed by atoms with Gasteiger partial charge in [-0.25, -0.2) is 4.98 Å². The quantitative estimate of drug-likeness (QED) is 0.910. The van der Waals surface area contributed by atoms with Gasteiger partial charge in [0.05, 0.1) is 0 Å². The second-order valence-corrected chi connectivity index (χ2v) is 6.67. The number of rotatable bonds is 4. The average Bonchev–Trinajstić information content (AvgIpc) is 2.62. The molecule has 0 amide bonds. The third-order valence-electron chi connectivity index (χ3n) is 4.70. The Morgan fingerprint density at radius 3 is 2.79 bits per heavy atom. The zero-order valence-corrected chi connectivity index (χ0v) is 14.4. The van der Waals surface area contributed by atoms with E-state index < -0.39 is 0 Å². The Hall–Kier alpha value is -2.09. The summed E-state index contributed by atoms with van der Waals surface area (Å²) in [7, 11) is 0. The largest absolute Gasteiger partial charge is 0.381 e. The van der Waals surface area contributed by atoms with Crippen LogP contribution in [0.25, 0.3) is 0 Å². The standard InChI is InChI=1S/C19H20ClN3O/c1-14-5-6-18(23-17(14)12-21)22-13-19(7-9-24-10-8-19)15-3-2-4-16(20)11-15/h2-6,11H,7-10,13H2,1H3,(H,22,23). The maximum absolute atomic E-state index is 9.15. The number of pyridine rings is 1. The first-order valence-electron chi connectivity index (χ1n) is 8.08. The van der Waals surface area contributed by atoms with Gasteiger partial charge in [0.15, 0.2) is 0 Å². The maximum Gasteiger partial charge on any atom is 0.145 e. The van der Waals surface area contributed by atoms with Crippen molar-refractivity contribution in [1.29, 1.82) is 5.26 Å². The molecule has 1 saturated heterocycles. The van der Waals surface area contributed by atoms with Crippen LogP contribution in [0.5, 0.6) is 0 Å². The molecule has 0 saturated carbocycles. The second-order valence-electron chi connectivity index (χ2n) is 6.23. The summed E-state index contributed by atoms with van der Waals surface area (Å²) in [5, 5.41) is 13.3. The van der Waals surface area contributed by atoms with Crippen LogP contribution in [0.3, 0.4) is 0 Å². The van der Waals surface area contributed by atoms with Crippen molar-refractivity contribution in [3.63, 3.8) is 0 Å². The third-order valence-corrected chi connectivity index (χ3v) is 4.93. The monoisotopic (exact) mass is 341 g/mol. The van der Waals surface area contributed by atoms with Gasteiger partial charge in [0.25, 0.3) is 0 Å². The molecule has 1 fully saturated rings. The molecule has 24 heavy (non-hydrogen) atoms. The zero-order chi connectivity index (χ0) is 17.0. The smallest absolute Gasteiger partial charge is 0.145 e. The molecule has 1 aliphatic rings. The molecule has 0 unspecified atom stereocenters. The molecule has 0 spiro atoms. The van der Waals surface area contributed by atoms with Crippen molar-refractivity contribution in [3.05, 3.63) is 58.2 Å². The highest BCUT2D eigenvalue weighted by Crippen LogP contribution is 2.36. The van der Waals surface area contributed by atoms with Gasteiger partial charge in [0, 0.05) is 30.2 Å². The van der Waals surface area contributed by atoms with Gasteiger partial charge >= 0.3 is 0 Å². The van der Waals surface area contributed by atoms with Gasteiger partial charge in [-0.2, -0.15) is 5.26 Å². The number of aromatic nitrogens is 1. The number of nitriles is 1. The van der Waals surface area contributed by atoms with E-state index in [0.29, 0.717) is 5.69 Å². The zero-order valence-electron chi connectivity index (χ0n) is 13.7. The average molecular weight is 342 g/mol. The predicted octanol–water partition coefficient (Wildman–Crippen LogP) is 4.08. The van der Waals surface area contributed by atoms with E-state index in [1.54, 1.807) is 0 Å². The summed E-state index contributed by atoms with van der Waals surface area (Å²) in [6.45, 7) is 4.09. The first-order chi connectivity index (χ1) is 11.6. The number of ether oxygens (including phenoxy) is 1. The van der Waals surface area contributed by atoms with Crippen LogP contribution in [0.1, 0.15) is 29.7 Å². The Kier molecular flexibility index (Phi) is 5.03. The summed E-state index contributed by atoms with van der Waals surface area (Å²) in [5.41, 5.74) is 2.53. The number of aryl methyl sites for hydroxylation is 1. The molecular weight excluding hydrogens is 322 g/mol. The lowest BCUT2D eigenvalue weighted by Crippen LogP contribution is -2.40. The van der Waals surface area contributed by atoms with E-state index in [4.69, 9.17) is 21.6 Å². The Morgan fingerprint density at radius 2 is 2.08 bits per heavy atom. The minimum absolute atomic E-state index is 0.0392. The van der Waals surface area contributed by atoms with Gasteiger partial charge in [-0.1, -0.05) is 29.8 Å². The van der Waals surface area contributed by atoms with Crippen molar-refractivity contribution in [2.24, 2.45) is 0 Å². The summed E-state index contributed by atoms with van der Waals surface area (Å²) in [5.74, 6) is 0.727. The predicted molar refractivity (Wildman–Crippen MR) is 95.4 cm³/mol. The Morgan fingerprint density at radius 1 is 1.29 bits per heavy atom. The van der Waals surface area contributed by atoms with Crippen molar-refractivity contribution in [2.75, 3.05) is 25.1 Å². The molecule has 0 atom stereocenters. The van der Waals surface area contributed by atoms with E-state index in [0.717, 1.165) is 49.0 Å². The van der Waals surface area contributed by atoms with Crippen LogP contribution in [0.15, 0.2) is 36.4 Å². The lowest BCUT2D eigenvalue weighted by atomic mass is 9.74. The highest BCUT2D eigenvalue weighted by Gasteiger charge is 2.34. The Labute approximate surface area is 147 Å². The van der Waals surface area contributed by atoms with E-state index in [9.17, 15) is 0 Å². The summed E-state index contributed by atoms with van der Waals surface area (Å²) in [6, 6.07) is 14.0. The number of hydrogen-bond donors (Lipinski definition) is 1. The van der Waals surface area contributed by atoms with E-state index >= 15 is 0 Å². The van der Waals surface area contributed by atoms with Crippen LogP contribution >= 0.6 is 11.6 Å². The number of halogens is 1. The van der Waals surface area contributed by atoms with Crippen molar-refractivity contribution in [1.82, 2.24) is 4.98 Å². The fourth-order valence-corrected chi connectivity index (χ4v) is 3.34. The lowest BCUT2D eigenvalue weighted by molar-refractivity contribution is 0.0543. The van der Waals surface area contributed by atoms with E-state index in [-0.39, 0.29) is 5.41 Å². The van der Waals surface area contributed by atoms with Crippen LogP contribution in [-0.2, 0) is 10.2 Å². The molecule has 3 rings (SSSR count). The van der Waals surface area contributed by atoms with Crippen molar-refractivity contribution in [2.45, 2.75) is 25.2 Å². The SMILES string of the molecule is Cc1ccc(NCC2(c3cccc(Cl)c3)CCOCC2)nc1C#N. The van der Waals surface area contributed by atoms with E-state index in [2.05, 4.69) is 22.4 Å². The fourth-order valence-electron chi connectivity index (χ4n) is 3.15. The summed E-state index contributed by atoms with van der Waals surface area (Å²) in [4.78, 5) is 4.39. The highest BCUT2D eigenvalue weighted by molar-refractivity contribution is 6.30. The van der Waals surface area contributed by atoms with E-state index in [1.807, 2.05) is 37.3 Å². The molecule has 124 valence electrons. The Balaban J connectivity index is 1.84. The molecule has 2 heterocycles. The van der Waals surface area contributed by atoms with Crippen LogP contribution in [-0.4, -0.2) is 24.7 Å². The topological polar surface area (TPSA) is 57.9 Å². The van der Waals surface area contributed by atoms with Gasteiger partial charge in [0.1, 0.15) is 17.6 Å². The highest BCUT2D eigenvalue weighted by atomic mass is 35.5. The molecule has 4 nitrogen and oxygen atoms in total. The van der Waals surface area contributed by atoms with Crippen molar-refractivity contribution < 1.29 is 4.74 Å². The van der Waals surface area contributed by atoms with Gasteiger partial charge < -0.3 is 10.1 Å². The molecule has 2 aromatic rings. The number of hydrogen-bond acceptors (Lipinski definition) is 4. The van der Waals surface area contributed by atoms with Crippen molar-refractivity contribution >= 4 is 17.4 Å². The van der Waals surface area contributed by atoms with E-state index in [1.165, 1.54) is 5.56 Å². The molecule has 1 aliphatic heterocycles. The number of benzene rings is 1. The third kappa shape index (κ3) is 3.53. The van der Waals surface area contributed by atoms with Gasteiger partial charge in [0.2, 0.25) is 0 Å². The lowest BCUT2D eigenvalue weighted by Gasteiger charge is -2.38. The van der Waals surface area contributed by atoms with Gasteiger partial charge in [-0.05, 0) is 49.1 Å². The first-order valence-corrected chi connectivity index (χ1v) is 8.46. The second kappa shape index (κ2) is 7.21. The minimum Gasteiger partial charge on any atom is -0.381 e. The minimum atomic E-state index is -0.0392. The molecule has 0 radical (unpaired) electrons. The number of nitrogens with one attached hydrogen (secondary N) is 1. The molecular formula is C19H20ClN3O. The van der Waals surface area contributed by atoms with Crippen LogP contribution in [0, 0.1) is 18.3 Å². The van der Waals surface area contributed by atoms with Crippen LogP contribution in [0.4, 0.5) is 5.82 Å². The summed E-state index contributed by atoms with van der Waals surface area (Å²) < 4.78 is 5.56.